The molecule has 0 aliphatic heterocycles. The van der Waals surface area contributed by atoms with Crippen molar-refractivity contribution in [1.82, 2.24) is 4.90 Å². The zero-order valence-electron chi connectivity index (χ0n) is 10.1. The molecule has 0 aromatic rings. The molecular weight excluding hydrogens is 172 g/mol. The molecule has 0 unspecified atom stereocenters. The molecule has 84 valence electrons. The Labute approximate surface area is 88.8 Å². The van der Waals surface area contributed by atoms with Crippen molar-refractivity contribution >= 4 is 0 Å². The largest absolute Gasteiger partial charge is 0.329 e. The second-order valence-electron chi connectivity index (χ2n) is 4.62. The highest BCUT2D eigenvalue weighted by Crippen LogP contribution is 2.33. The molecule has 0 spiro atoms. The molecule has 1 aliphatic carbocycles. The number of rotatable bonds is 7. The molecule has 2 N–H and O–H groups in total. The van der Waals surface area contributed by atoms with Crippen LogP contribution in [0.2, 0.25) is 0 Å². The molecular formula is C12H26N2. The van der Waals surface area contributed by atoms with Gasteiger partial charge in [-0.1, -0.05) is 20.8 Å². The lowest BCUT2D eigenvalue weighted by atomic mass is 9.90. The highest BCUT2D eigenvalue weighted by atomic mass is 15.2. The van der Waals surface area contributed by atoms with Crippen LogP contribution in [-0.4, -0.2) is 30.1 Å². The van der Waals surface area contributed by atoms with Crippen molar-refractivity contribution in [2.45, 2.75) is 52.0 Å². The minimum absolute atomic E-state index is 0.275. The monoisotopic (exact) mass is 198 g/mol. The lowest BCUT2D eigenvalue weighted by molar-refractivity contribution is 0.0856. The van der Waals surface area contributed by atoms with Crippen LogP contribution in [0.4, 0.5) is 0 Å². The topological polar surface area (TPSA) is 29.3 Å². The van der Waals surface area contributed by atoms with E-state index >= 15 is 0 Å². The molecule has 0 aromatic heterocycles. The van der Waals surface area contributed by atoms with E-state index in [0.29, 0.717) is 0 Å². The average molecular weight is 198 g/mol. The van der Waals surface area contributed by atoms with Gasteiger partial charge >= 0.3 is 0 Å². The summed E-state index contributed by atoms with van der Waals surface area (Å²) in [4.78, 5) is 2.62. The minimum Gasteiger partial charge on any atom is -0.329 e. The molecule has 0 atom stereocenters. The highest BCUT2D eigenvalue weighted by Gasteiger charge is 2.34. The smallest absolute Gasteiger partial charge is 0.0326 e. The van der Waals surface area contributed by atoms with Crippen LogP contribution >= 0.6 is 0 Å². The van der Waals surface area contributed by atoms with E-state index in [1.807, 2.05) is 0 Å². The molecule has 0 saturated heterocycles. The SMILES string of the molecule is CCN(CC1CC1)C(CC)(CC)CN. The Kier molecular flexibility index (Phi) is 4.39. The number of hydrogen-bond acceptors (Lipinski definition) is 2. The Hall–Kier alpha value is -0.0800. The summed E-state index contributed by atoms with van der Waals surface area (Å²) < 4.78 is 0. The van der Waals surface area contributed by atoms with Crippen molar-refractivity contribution < 1.29 is 0 Å². The van der Waals surface area contributed by atoms with Crippen LogP contribution in [0.5, 0.6) is 0 Å². The first-order valence-corrected chi connectivity index (χ1v) is 6.17. The predicted molar refractivity (Wildman–Crippen MR) is 62.3 cm³/mol. The van der Waals surface area contributed by atoms with Gasteiger partial charge in [0, 0.05) is 18.6 Å². The van der Waals surface area contributed by atoms with E-state index in [4.69, 9.17) is 5.73 Å². The van der Waals surface area contributed by atoms with Crippen molar-refractivity contribution in [1.29, 1.82) is 0 Å². The van der Waals surface area contributed by atoms with Gasteiger partial charge in [-0.3, -0.25) is 4.90 Å². The fraction of sp³-hybridized carbons (Fsp3) is 1.00. The molecule has 1 saturated carbocycles. The van der Waals surface area contributed by atoms with E-state index < -0.39 is 0 Å². The number of nitrogens with two attached hydrogens (primary N) is 1. The van der Waals surface area contributed by atoms with Crippen molar-refractivity contribution in [2.75, 3.05) is 19.6 Å². The van der Waals surface area contributed by atoms with Gasteiger partial charge in [0.2, 0.25) is 0 Å². The van der Waals surface area contributed by atoms with Gasteiger partial charge in [0.15, 0.2) is 0 Å². The van der Waals surface area contributed by atoms with Crippen LogP contribution < -0.4 is 5.73 Å². The van der Waals surface area contributed by atoms with Crippen molar-refractivity contribution in [3.63, 3.8) is 0 Å². The van der Waals surface area contributed by atoms with E-state index in [-0.39, 0.29) is 5.54 Å². The van der Waals surface area contributed by atoms with Gasteiger partial charge in [-0.15, -0.1) is 0 Å². The zero-order valence-corrected chi connectivity index (χ0v) is 10.1. The Bertz CT molecular complexity index is 151. The Balaban J connectivity index is 2.59. The molecule has 0 heterocycles. The van der Waals surface area contributed by atoms with Crippen molar-refractivity contribution in [3.05, 3.63) is 0 Å². The van der Waals surface area contributed by atoms with Crippen LogP contribution in [0, 0.1) is 5.92 Å². The summed E-state index contributed by atoms with van der Waals surface area (Å²) in [6.07, 6.45) is 5.23. The maximum absolute atomic E-state index is 5.96. The molecule has 2 nitrogen and oxygen atoms in total. The van der Waals surface area contributed by atoms with E-state index in [2.05, 4.69) is 25.7 Å². The van der Waals surface area contributed by atoms with Gasteiger partial charge in [-0.25, -0.2) is 0 Å². The predicted octanol–water partition coefficient (Wildman–Crippen LogP) is 2.24. The normalized spacial score (nSPS) is 17.8. The van der Waals surface area contributed by atoms with Gasteiger partial charge in [-0.2, -0.15) is 0 Å². The maximum Gasteiger partial charge on any atom is 0.0326 e. The van der Waals surface area contributed by atoms with Crippen LogP contribution in [0.25, 0.3) is 0 Å². The van der Waals surface area contributed by atoms with Gasteiger partial charge in [0.25, 0.3) is 0 Å². The Morgan fingerprint density at radius 1 is 1.21 bits per heavy atom. The second kappa shape index (κ2) is 5.13. The van der Waals surface area contributed by atoms with Gasteiger partial charge < -0.3 is 5.73 Å². The third-order valence-corrected chi connectivity index (χ3v) is 3.92. The molecule has 1 aliphatic rings. The molecule has 2 heteroatoms. The average Bonchev–Trinajstić information content (AvgIpc) is 3.03. The lowest BCUT2D eigenvalue weighted by Crippen LogP contribution is -2.53. The number of nitrogens with zero attached hydrogens (tertiary/aromatic N) is 1. The van der Waals surface area contributed by atoms with Crippen LogP contribution in [0.15, 0.2) is 0 Å². The van der Waals surface area contributed by atoms with Gasteiger partial charge in [-0.05, 0) is 38.1 Å². The van der Waals surface area contributed by atoms with Crippen LogP contribution in [-0.2, 0) is 0 Å². The molecule has 0 amide bonds. The zero-order chi connectivity index (χ0) is 10.6. The van der Waals surface area contributed by atoms with Crippen molar-refractivity contribution in [3.8, 4) is 0 Å². The summed E-state index contributed by atoms with van der Waals surface area (Å²) >= 11 is 0. The minimum atomic E-state index is 0.275. The Morgan fingerprint density at radius 3 is 2.07 bits per heavy atom. The summed E-state index contributed by atoms with van der Waals surface area (Å²) in [5, 5.41) is 0. The third-order valence-electron chi connectivity index (χ3n) is 3.92. The van der Waals surface area contributed by atoms with Crippen LogP contribution in [0.1, 0.15) is 46.5 Å². The molecule has 0 aromatic carbocycles. The highest BCUT2D eigenvalue weighted by molar-refractivity contribution is 4.91. The summed E-state index contributed by atoms with van der Waals surface area (Å²) in [7, 11) is 0. The second-order valence-corrected chi connectivity index (χ2v) is 4.62. The lowest BCUT2D eigenvalue weighted by Gasteiger charge is -2.42. The summed E-state index contributed by atoms with van der Waals surface area (Å²) in [5.74, 6) is 0.971. The summed E-state index contributed by atoms with van der Waals surface area (Å²) in [6, 6.07) is 0. The van der Waals surface area contributed by atoms with E-state index in [1.165, 1.54) is 32.2 Å². The number of hydrogen-bond donors (Lipinski definition) is 1. The fourth-order valence-electron chi connectivity index (χ4n) is 2.39. The molecule has 1 rings (SSSR count). The van der Waals surface area contributed by atoms with E-state index in [9.17, 15) is 0 Å². The van der Waals surface area contributed by atoms with Crippen LogP contribution in [0.3, 0.4) is 0 Å². The molecule has 14 heavy (non-hydrogen) atoms. The molecule has 0 bridgehead atoms. The van der Waals surface area contributed by atoms with E-state index in [1.54, 1.807) is 0 Å². The number of likely N-dealkylation sites (N-methyl/N-ethyl adjacent to an activating group) is 1. The summed E-state index contributed by atoms with van der Waals surface area (Å²) in [6.45, 7) is 10.0. The molecule has 1 fully saturated rings. The quantitative estimate of drug-likeness (QED) is 0.680. The van der Waals surface area contributed by atoms with E-state index in [0.717, 1.165) is 19.0 Å². The first-order chi connectivity index (χ1) is 6.72. The first kappa shape index (κ1) is 12.0. The third kappa shape index (κ3) is 2.48. The maximum atomic E-state index is 5.96. The standard InChI is InChI=1S/C12H26N2/c1-4-12(5-2,10-13)14(6-3)9-11-7-8-11/h11H,4-10,13H2,1-3H3. The van der Waals surface area contributed by atoms with Crippen molar-refractivity contribution in [2.24, 2.45) is 11.7 Å². The van der Waals surface area contributed by atoms with Gasteiger partial charge in [0.05, 0.1) is 0 Å². The fourth-order valence-corrected chi connectivity index (χ4v) is 2.39. The summed E-state index contributed by atoms with van der Waals surface area (Å²) in [5.41, 5.74) is 6.23. The first-order valence-electron chi connectivity index (χ1n) is 6.17. The van der Waals surface area contributed by atoms with Gasteiger partial charge in [0.1, 0.15) is 0 Å². The Morgan fingerprint density at radius 2 is 1.79 bits per heavy atom. The molecule has 0 radical (unpaired) electrons.